The summed E-state index contributed by atoms with van der Waals surface area (Å²) >= 11 is 17.1. The predicted molar refractivity (Wildman–Crippen MR) is 90.1 cm³/mol. The molecule has 0 bridgehead atoms. The molecule has 0 amide bonds. The van der Waals surface area contributed by atoms with E-state index in [1.807, 2.05) is 19.1 Å². The molecule has 0 radical (unpaired) electrons. The number of hydrogen-bond donors (Lipinski definition) is 1. The Labute approximate surface area is 141 Å². The molecule has 6 heteroatoms. The van der Waals surface area contributed by atoms with Gasteiger partial charge in [0.1, 0.15) is 11.9 Å². The highest BCUT2D eigenvalue weighted by Crippen LogP contribution is 2.36. The van der Waals surface area contributed by atoms with Crippen LogP contribution in [0.2, 0.25) is 10.0 Å². The van der Waals surface area contributed by atoms with Crippen LogP contribution < -0.4 is 10.5 Å². The van der Waals surface area contributed by atoms with Gasteiger partial charge in [-0.1, -0.05) is 30.1 Å². The van der Waals surface area contributed by atoms with Crippen LogP contribution in [0.15, 0.2) is 34.1 Å². The molecule has 0 spiro atoms. The number of thiophene rings is 1. The Morgan fingerprint density at radius 2 is 2.05 bits per heavy atom. The van der Waals surface area contributed by atoms with Crippen molar-refractivity contribution in [2.75, 3.05) is 0 Å². The van der Waals surface area contributed by atoms with Crippen molar-refractivity contribution in [2.24, 2.45) is 5.73 Å². The van der Waals surface area contributed by atoms with Crippen LogP contribution >= 0.6 is 50.5 Å². The van der Waals surface area contributed by atoms with E-state index in [2.05, 4.69) is 15.9 Å². The smallest absolute Gasteiger partial charge is 0.148 e. The van der Waals surface area contributed by atoms with Crippen LogP contribution in [0.25, 0.3) is 0 Å². The SMILES string of the molecule is CCC(N)C(Oc1ccc(Cl)cc1Cl)c1ccc(Br)s1. The molecule has 2 atom stereocenters. The number of benzene rings is 1. The first kappa shape index (κ1) is 16.1. The lowest BCUT2D eigenvalue weighted by Crippen LogP contribution is -2.30. The summed E-state index contributed by atoms with van der Waals surface area (Å²) in [4.78, 5) is 1.07. The Hall–Kier alpha value is -0.260. The summed E-state index contributed by atoms with van der Waals surface area (Å²) in [5.74, 6) is 0.592. The highest BCUT2D eigenvalue weighted by Gasteiger charge is 2.23. The maximum Gasteiger partial charge on any atom is 0.148 e. The van der Waals surface area contributed by atoms with Gasteiger partial charge >= 0.3 is 0 Å². The molecule has 0 aliphatic heterocycles. The van der Waals surface area contributed by atoms with Crippen LogP contribution in [-0.4, -0.2) is 6.04 Å². The summed E-state index contributed by atoms with van der Waals surface area (Å²) in [6.45, 7) is 2.03. The maximum atomic E-state index is 6.18. The average molecular weight is 395 g/mol. The summed E-state index contributed by atoms with van der Waals surface area (Å²) < 4.78 is 7.07. The van der Waals surface area contributed by atoms with Gasteiger partial charge in [-0.15, -0.1) is 11.3 Å². The summed E-state index contributed by atoms with van der Waals surface area (Å²) in [7, 11) is 0. The van der Waals surface area contributed by atoms with Crippen molar-refractivity contribution in [3.05, 3.63) is 49.0 Å². The second-order valence-electron chi connectivity index (χ2n) is 4.33. The third-order valence-electron chi connectivity index (χ3n) is 2.88. The van der Waals surface area contributed by atoms with Crippen LogP contribution in [0.4, 0.5) is 0 Å². The van der Waals surface area contributed by atoms with E-state index in [4.69, 9.17) is 33.7 Å². The van der Waals surface area contributed by atoms with Crippen LogP contribution in [0.3, 0.4) is 0 Å². The molecule has 2 aromatic rings. The first-order valence-corrected chi connectivity index (χ1v) is 8.50. The summed E-state index contributed by atoms with van der Waals surface area (Å²) in [5, 5.41) is 1.07. The summed E-state index contributed by atoms with van der Waals surface area (Å²) in [6, 6.07) is 9.08. The third-order valence-corrected chi connectivity index (χ3v) is 5.10. The van der Waals surface area contributed by atoms with E-state index in [0.717, 1.165) is 15.1 Å². The highest BCUT2D eigenvalue weighted by molar-refractivity contribution is 9.11. The monoisotopic (exact) mass is 393 g/mol. The van der Waals surface area contributed by atoms with Gasteiger partial charge in [-0.2, -0.15) is 0 Å². The van der Waals surface area contributed by atoms with E-state index in [9.17, 15) is 0 Å². The van der Waals surface area contributed by atoms with E-state index in [-0.39, 0.29) is 12.1 Å². The second kappa shape index (κ2) is 7.14. The highest BCUT2D eigenvalue weighted by atomic mass is 79.9. The molecule has 2 unspecified atom stereocenters. The Morgan fingerprint density at radius 3 is 2.60 bits per heavy atom. The molecule has 1 aromatic heterocycles. The summed E-state index contributed by atoms with van der Waals surface area (Å²) in [6.07, 6.45) is 0.584. The molecule has 0 saturated carbocycles. The second-order valence-corrected chi connectivity index (χ2v) is 7.67. The fourth-order valence-electron chi connectivity index (χ4n) is 1.76. The molecule has 108 valence electrons. The van der Waals surface area contributed by atoms with Crippen molar-refractivity contribution >= 4 is 50.5 Å². The summed E-state index contributed by atoms with van der Waals surface area (Å²) in [5.41, 5.74) is 6.18. The minimum atomic E-state index is -0.227. The third kappa shape index (κ3) is 3.89. The van der Waals surface area contributed by atoms with Crippen molar-refractivity contribution in [1.29, 1.82) is 0 Å². The van der Waals surface area contributed by atoms with E-state index in [1.54, 1.807) is 29.5 Å². The zero-order valence-electron chi connectivity index (χ0n) is 10.8. The zero-order chi connectivity index (χ0) is 14.7. The number of halogens is 3. The van der Waals surface area contributed by atoms with Gasteiger partial charge in [0.25, 0.3) is 0 Å². The lowest BCUT2D eigenvalue weighted by atomic mass is 10.1. The molecule has 20 heavy (non-hydrogen) atoms. The molecule has 2 nitrogen and oxygen atoms in total. The van der Waals surface area contributed by atoms with Crippen molar-refractivity contribution in [3.8, 4) is 5.75 Å². The first-order chi connectivity index (χ1) is 9.51. The fourth-order valence-corrected chi connectivity index (χ4v) is 3.74. The van der Waals surface area contributed by atoms with E-state index < -0.39 is 0 Å². The van der Waals surface area contributed by atoms with Gasteiger partial charge in [-0.05, 0) is 52.7 Å². The largest absolute Gasteiger partial charge is 0.482 e. The Kier molecular flexibility index (Phi) is 5.75. The topological polar surface area (TPSA) is 35.2 Å². The van der Waals surface area contributed by atoms with Gasteiger partial charge in [-0.3, -0.25) is 0 Å². The molecule has 1 heterocycles. The fraction of sp³-hybridized carbons (Fsp3) is 0.286. The molecule has 0 aliphatic carbocycles. The maximum absolute atomic E-state index is 6.18. The lowest BCUT2D eigenvalue weighted by Gasteiger charge is -2.24. The minimum Gasteiger partial charge on any atom is -0.482 e. The lowest BCUT2D eigenvalue weighted by molar-refractivity contribution is 0.175. The molecule has 1 aromatic carbocycles. The number of nitrogens with two attached hydrogens (primary N) is 1. The van der Waals surface area contributed by atoms with Crippen molar-refractivity contribution in [1.82, 2.24) is 0 Å². The van der Waals surface area contributed by atoms with Crippen LogP contribution in [-0.2, 0) is 0 Å². The molecule has 0 saturated heterocycles. The molecule has 0 aliphatic rings. The van der Waals surface area contributed by atoms with E-state index >= 15 is 0 Å². The van der Waals surface area contributed by atoms with Crippen LogP contribution in [0, 0.1) is 0 Å². The number of ether oxygens (including phenoxy) is 1. The van der Waals surface area contributed by atoms with Crippen molar-refractivity contribution < 1.29 is 4.74 Å². The normalized spacial score (nSPS) is 14.1. The van der Waals surface area contributed by atoms with Gasteiger partial charge in [0.05, 0.1) is 8.81 Å². The first-order valence-electron chi connectivity index (χ1n) is 6.13. The van der Waals surface area contributed by atoms with Gasteiger partial charge in [0.2, 0.25) is 0 Å². The van der Waals surface area contributed by atoms with Gasteiger partial charge in [0.15, 0.2) is 0 Å². The van der Waals surface area contributed by atoms with Crippen molar-refractivity contribution in [2.45, 2.75) is 25.5 Å². The Bertz CT molecular complexity index is 590. The zero-order valence-corrected chi connectivity index (χ0v) is 14.7. The Balaban J connectivity index is 2.28. The van der Waals surface area contributed by atoms with E-state index in [0.29, 0.717) is 15.8 Å². The van der Waals surface area contributed by atoms with E-state index in [1.165, 1.54) is 0 Å². The molecular weight excluding hydrogens is 381 g/mol. The molecule has 0 fully saturated rings. The molecule has 2 N–H and O–H groups in total. The minimum absolute atomic E-state index is 0.104. The predicted octanol–water partition coefficient (Wildman–Crippen LogP) is 5.67. The van der Waals surface area contributed by atoms with Gasteiger partial charge < -0.3 is 10.5 Å². The van der Waals surface area contributed by atoms with Gasteiger partial charge in [-0.25, -0.2) is 0 Å². The van der Waals surface area contributed by atoms with Crippen LogP contribution in [0.1, 0.15) is 24.3 Å². The number of hydrogen-bond acceptors (Lipinski definition) is 3. The van der Waals surface area contributed by atoms with Crippen molar-refractivity contribution in [3.63, 3.8) is 0 Å². The quantitative estimate of drug-likeness (QED) is 0.708. The molecular formula is C14H14BrCl2NOS. The standard InChI is InChI=1S/C14H14BrCl2NOS/c1-2-10(18)14(12-5-6-13(15)20-12)19-11-4-3-8(16)7-9(11)17/h3-7,10,14H,2,18H2,1H3. The van der Waals surface area contributed by atoms with Gasteiger partial charge in [0, 0.05) is 15.9 Å². The Morgan fingerprint density at radius 1 is 1.30 bits per heavy atom. The molecule has 2 rings (SSSR count). The van der Waals surface area contributed by atoms with Crippen LogP contribution in [0.5, 0.6) is 5.75 Å². The number of rotatable bonds is 5. The average Bonchev–Trinajstić information content (AvgIpc) is 2.83.